The van der Waals surface area contributed by atoms with Crippen LogP contribution in [0.2, 0.25) is 0 Å². The van der Waals surface area contributed by atoms with E-state index in [1.165, 1.54) is 18.0 Å². The molecule has 5 nitrogen and oxygen atoms in total. The highest BCUT2D eigenvalue weighted by molar-refractivity contribution is 8.00. The summed E-state index contributed by atoms with van der Waals surface area (Å²) in [6.07, 6.45) is 1.71. The number of rotatable bonds is 9. The van der Waals surface area contributed by atoms with E-state index in [1.807, 2.05) is 6.92 Å². The van der Waals surface area contributed by atoms with Gasteiger partial charge in [0.2, 0.25) is 0 Å². The summed E-state index contributed by atoms with van der Waals surface area (Å²) >= 11 is 1.47. The van der Waals surface area contributed by atoms with Crippen molar-refractivity contribution in [2.45, 2.75) is 19.4 Å². The van der Waals surface area contributed by atoms with Crippen LogP contribution >= 0.6 is 11.8 Å². The van der Waals surface area contributed by atoms with Crippen LogP contribution in [0.5, 0.6) is 0 Å². The molecule has 0 heterocycles. The summed E-state index contributed by atoms with van der Waals surface area (Å²) in [7, 11) is -2.90. The van der Waals surface area contributed by atoms with Gasteiger partial charge in [0.25, 0.3) is 0 Å². The van der Waals surface area contributed by atoms with Crippen molar-refractivity contribution in [1.82, 2.24) is 5.32 Å². The molecule has 0 fully saturated rings. The Labute approximate surface area is 101 Å². The minimum Gasteiger partial charge on any atom is -0.480 e. The molecule has 0 rings (SSSR count). The molecular formula is C9H19NO4S2. The van der Waals surface area contributed by atoms with Crippen LogP contribution in [0, 0.1) is 0 Å². The summed E-state index contributed by atoms with van der Waals surface area (Å²) in [4.78, 5) is 10.7. The highest BCUT2D eigenvalue weighted by atomic mass is 32.2. The number of carboxylic acids is 1. The molecule has 0 aromatic heterocycles. The Hall–Kier alpha value is -0.270. The van der Waals surface area contributed by atoms with Gasteiger partial charge in [-0.15, -0.1) is 0 Å². The number of carboxylic acid groups (broad SMARTS) is 1. The first kappa shape index (κ1) is 15.7. The van der Waals surface area contributed by atoms with E-state index in [0.29, 0.717) is 24.5 Å². The highest BCUT2D eigenvalue weighted by Gasteiger charge is 2.15. The fourth-order valence-corrected chi connectivity index (χ4v) is 3.36. The van der Waals surface area contributed by atoms with Crippen LogP contribution in [-0.2, 0) is 14.6 Å². The summed E-state index contributed by atoms with van der Waals surface area (Å²) in [5.74, 6) is 0.471. The van der Waals surface area contributed by atoms with Gasteiger partial charge in [0.15, 0.2) is 0 Å². The van der Waals surface area contributed by atoms with Crippen LogP contribution in [0.4, 0.5) is 0 Å². The van der Waals surface area contributed by atoms with E-state index in [4.69, 9.17) is 5.11 Å². The maximum absolute atomic E-state index is 10.8. The predicted molar refractivity (Wildman–Crippen MR) is 66.8 cm³/mol. The zero-order valence-corrected chi connectivity index (χ0v) is 11.2. The molecule has 16 heavy (non-hydrogen) atoms. The third kappa shape index (κ3) is 8.99. The molecule has 0 aromatic carbocycles. The minimum absolute atomic E-state index is 0.149. The molecule has 0 radical (unpaired) electrons. The summed E-state index contributed by atoms with van der Waals surface area (Å²) in [6, 6.07) is -0.532. The Morgan fingerprint density at radius 2 is 2.06 bits per heavy atom. The molecule has 0 saturated carbocycles. The molecule has 0 aliphatic rings. The van der Waals surface area contributed by atoms with E-state index in [2.05, 4.69) is 5.32 Å². The fraction of sp³-hybridized carbons (Fsp3) is 0.889. The molecule has 0 bridgehead atoms. The third-order valence-corrected chi connectivity index (χ3v) is 4.12. The molecule has 2 N–H and O–H groups in total. The molecule has 0 amide bonds. The minimum atomic E-state index is -2.90. The van der Waals surface area contributed by atoms with Crippen LogP contribution in [0.1, 0.15) is 13.3 Å². The average molecular weight is 269 g/mol. The van der Waals surface area contributed by atoms with Crippen molar-refractivity contribution in [1.29, 1.82) is 0 Å². The maximum atomic E-state index is 10.8. The van der Waals surface area contributed by atoms with Crippen molar-refractivity contribution in [3.05, 3.63) is 0 Å². The molecule has 0 aromatic rings. The lowest BCUT2D eigenvalue weighted by Gasteiger charge is -2.12. The molecule has 7 heteroatoms. The second-order valence-corrected chi connectivity index (χ2v) is 6.96. The number of likely N-dealkylation sites (N-methyl/N-ethyl adjacent to an activating group) is 1. The van der Waals surface area contributed by atoms with Crippen LogP contribution < -0.4 is 5.32 Å². The highest BCUT2D eigenvalue weighted by Crippen LogP contribution is 2.06. The van der Waals surface area contributed by atoms with Gasteiger partial charge in [-0.25, -0.2) is 8.42 Å². The molecule has 0 spiro atoms. The number of thioether (sulfide) groups is 1. The summed E-state index contributed by atoms with van der Waals surface area (Å²) in [5, 5.41) is 11.7. The second-order valence-electron chi connectivity index (χ2n) is 3.48. The maximum Gasteiger partial charge on any atom is 0.320 e. The standard InChI is InChI=1S/C9H19NO4S2/c1-3-10-8(9(11)12)4-5-15-6-7-16(2,13)14/h8,10H,3-7H2,1-2H3,(H,11,12). The SMILES string of the molecule is CCNC(CCSCCS(C)(=O)=O)C(=O)O. The van der Waals surface area contributed by atoms with Crippen LogP contribution in [-0.4, -0.2) is 55.6 Å². The van der Waals surface area contributed by atoms with Crippen molar-refractivity contribution in [3.63, 3.8) is 0 Å². The lowest BCUT2D eigenvalue weighted by Crippen LogP contribution is -2.36. The number of hydrogen-bond donors (Lipinski definition) is 2. The Morgan fingerprint density at radius 3 is 2.50 bits per heavy atom. The molecule has 1 atom stereocenters. The van der Waals surface area contributed by atoms with E-state index in [1.54, 1.807) is 0 Å². The van der Waals surface area contributed by atoms with Gasteiger partial charge in [-0.05, 0) is 18.7 Å². The van der Waals surface area contributed by atoms with Crippen molar-refractivity contribution >= 4 is 27.6 Å². The lowest BCUT2D eigenvalue weighted by atomic mass is 10.2. The summed E-state index contributed by atoms with van der Waals surface area (Å²) < 4.78 is 21.6. The second kappa shape index (κ2) is 7.92. The van der Waals surface area contributed by atoms with E-state index in [-0.39, 0.29) is 5.75 Å². The fourth-order valence-electron chi connectivity index (χ4n) is 1.07. The smallest absolute Gasteiger partial charge is 0.320 e. The third-order valence-electron chi connectivity index (χ3n) is 1.90. The zero-order valence-electron chi connectivity index (χ0n) is 9.60. The van der Waals surface area contributed by atoms with E-state index in [0.717, 1.165) is 0 Å². The van der Waals surface area contributed by atoms with Gasteiger partial charge in [-0.1, -0.05) is 6.92 Å². The Balaban J connectivity index is 3.67. The van der Waals surface area contributed by atoms with Crippen LogP contribution in [0.25, 0.3) is 0 Å². The number of sulfone groups is 1. The molecular weight excluding hydrogens is 250 g/mol. The van der Waals surface area contributed by atoms with Gasteiger partial charge in [0, 0.05) is 12.0 Å². The monoisotopic (exact) mass is 269 g/mol. The molecule has 0 saturated heterocycles. The number of hydrogen-bond acceptors (Lipinski definition) is 5. The van der Waals surface area contributed by atoms with Gasteiger partial charge in [0.05, 0.1) is 5.75 Å². The average Bonchev–Trinajstić information content (AvgIpc) is 2.13. The van der Waals surface area contributed by atoms with E-state index < -0.39 is 21.8 Å². The van der Waals surface area contributed by atoms with Gasteiger partial charge in [0.1, 0.15) is 15.9 Å². The number of nitrogens with one attached hydrogen (secondary N) is 1. The predicted octanol–water partition coefficient (Wildman–Crippen LogP) is 0.217. The normalized spacial score (nSPS) is 13.6. The van der Waals surface area contributed by atoms with E-state index >= 15 is 0 Å². The van der Waals surface area contributed by atoms with Gasteiger partial charge in [-0.2, -0.15) is 11.8 Å². The summed E-state index contributed by atoms with van der Waals surface area (Å²) in [5.41, 5.74) is 0. The lowest BCUT2D eigenvalue weighted by molar-refractivity contribution is -0.139. The van der Waals surface area contributed by atoms with E-state index in [9.17, 15) is 13.2 Å². The van der Waals surface area contributed by atoms with Gasteiger partial charge in [-0.3, -0.25) is 4.79 Å². The van der Waals surface area contributed by atoms with Gasteiger partial charge < -0.3 is 10.4 Å². The van der Waals surface area contributed by atoms with Gasteiger partial charge >= 0.3 is 5.97 Å². The first-order chi connectivity index (χ1) is 7.37. The first-order valence-corrected chi connectivity index (χ1v) is 8.30. The molecule has 0 aliphatic carbocycles. The van der Waals surface area contributed by atoms with Crippen molar-refractivity contribution in [2.24, 2.45) is 0 Å². The van der Waals surface area contributed by atoms with Crippen molar-refractivity contribution in [2.75, 3.05) is 30.1 Å². The Bertz CT molecular complexity index is 303. The number of aliphatic carboxylic acids is 1. The largest absolute Gasteiger partial charge is 0.480 e. The molecule has 1 unspecified atom stereocenters. The summed E-state index contributed by atoms with van der Waals surface area (Å²) in [6.45, 7) is 2.47. The molecule has 96 valence electrons. The Kier molecular flexibility index (Phi) is 7.78. The first-order valence-electron chi connectivity index (χ1n) is 5.08. The topological polar surface area (TPSA) is 83.5 Å². The quantitative estimate of drug-likeness (QED) is 0.583. The zero-order chi connectivity index (χ0) is 12.6. The van der Waals surface area contributed by atoms with Crippen molar-refractivity contribution < 1.29 is 18.3 Å². The molecule has 0 aliphatic heterocycles. The Morgan fingerprint density at radius 1 is 1.44 bits per heavy atom. The van der Waals surface area contributed by atoms with Crippen molar-refractivity contribution in [3.8, 4) is 0 Å². The van der Waals surface area contributed by atoms with Crippen LogP contribution in [0.15, 0.2) is 0 Å². The van der Waals surface area contributed by atoms with Crippen LogP contribution in [0.3, 0.4) is 0 Å². The number of carbonyl (C=O) groups is 1.